The molecule has 5 nitrogen and oxygen atoms in total. The van der Waals surface area contributed by atoms with Crippen LogP contribution in [0.4, 0.5) is 5.82 Å². The number of nitrogens with zero attached hydrogens (tertiary/aromatic N) is 1. The minimum atomic E-state index is -0.458. The van der Waals surface area contributed by atoms with Gasteiger partial charge in [-0.1, -0.05) is 0 Å². The Morgan fingerprint density at radius 3 is 2.87 bits per heavy atom. The molecule has 0 atom stereocenters. The fraction of sp³-hybridized carbons (Fsp3) is 0.200. The van der Waals surface area contributed by atoms with Gasteiger partial charge in [0.15, 0.2) is 0 Å². The Bertz CT molecular complexity index is 388. The lowest BCUT2D eigenvalue weighted by atomic mass is 10.2. The fourth-order valence-electron chi connectivity index (χ4n) is 1.04. The van der Waals surface area contributed by atoms with Gasteiger partial charge in [0, 0.05) is 12.3 Å². The van der Waals surface area contributed by atoms with Gasteiger partial charge in [-0.15, -0.1) is 0 Å². The number of rotatable bonds is 3. The molecule has 0 aliphatic heterocycles. The number of hydrogen-bond acceptors (Lipinski definition) is 5. The van der Waals surface area contributed by atoms with Gasteiger partial charge < -0.3 is 15.2 Å². The molecule has 15 heavy (non-hydrogen) atoms. The second kappa shape index (κ2) is 4.99. The molecular formula is C10H12N2O3. The minimum Gasteiger partial charge on any atom is -0.496 e. The summed E-state index contributed by atoms with van der Waals surface area (Å²) in [4.78, 5) is 14.8. The molecule has 0 saturated heterocycles. The van der Waals surface area contributed by atoms with Crippen molar-refractivity contribution in [1.82, 2.24) is 4.98 Å². The first-order valence-corrected chi connectivity index (χ1v) is 4.23. The summed E-state index contributed by atoms with van der Waals surface area (Å²) < 4.78 is 9.53. The van der Waals surface area contributed by atoms with Crippen LogP contribution >= 0.6 is 0 Å². The lowest BCUT2D eigenvalue weighted by Crippen LogP contribution is -1.98. The van der Waals surface area contributed by atoms with Gasteiger partial charge in [0.1, 0.15) is 11.6 Å². The van der Waals surface area contributed by atoms with Gasteiger partial charge in [0.25, 0.3) is 0 Å². The highest BCUT2D eigenvalue weighted by Gasteiger charge is 2.04. The summed E-state index contributed by atoms with van der Waals surface area (Å²) >= 11 is 0. The van der Waals surface area contributed by atoms with Crippen molar-refractivity contribution in [3.8, 4) is 5.75 Å². The summed E-state index contributed by atoms with van der Waals surface area (Å²) in [7, 11) is 2.82. The zero-order valence-electron chi connectivity index (χ0n) is 8.56. The van der Waals surface area contributed by atoms with Crippen LogP contribution in [0.15, 0.2) is 18.3 Å². The van der Waals surface area contributed by atoms with E-state index in [-0.39, 0.29) is 0 Å². The van der Waals surface area contributed by atoms with Crippen molar-refractivity contribution >= 4 is 17.9 Å². The maximum atomic E-state index is 10.9. The first-order valence-electron chi connectivity index (χ1n) is 4.23. The van der Waals surface area contributed by atoms with Gasteiger partial charge in [0.2, 0.25) is 0 Å². The molecule has 0 unspecified atom stereocenters. The van der Waals surface area contributed by atoms with E-state index in [4.69, 9.17) is 10.5 Å². The Balaban J connectivity index is 3.02. The topological polar surface area (TPSA) is 74.4 Å². The summed E-state index contributed by atoms with van der Waals surface area (Å²) in [5, 5.41) is 0. The maximum absolute atomic E-state index is 10.9. The van der Waals surface area contributed by atoms with Crippen LogP contribution in [0.3, 0.4) is 0 Å². The Kier molecular flexibility index (Phi) is 3.68. The molecule has 0 saturated carbocycles. The number of hydrogen-bond donors (Lipinski definition) is 1. The van der Waals surface area contributed by atoms with Crippen molar-refractivity contribution in [2.75, 3.05) is 20.0 Å². The van der Waals surface area contributed by atoms with Crippen molar-refractivity contribution in [3.63, 3.8) is 0 Å². The molecular weight excluding hydrogens is 196 g/mol. The van der Waals surface area contributed by atoms with E-state index in [2.05, 4.69) is 9.72 Å². The molecule has 0 spiro atoms. The molecule has 0 fully saturated rings. The molecule has 1 rings (SSSR count). The molecule has 2 N–H and O–H groups in total. The number of anilines is 1. The number of nitrogens with two attached hydrogens (primary N) is 1. The highest BCUT2D eigenvalue weighted by molar-refractivity contribution is 5.88. The van der Waals surface area contributed by atoms with E-state index >= 15 is 0 Å². The maximum Gasteiger partial charge on any atom is 0.330 e. The summed E-state index contributed by atoms with van der Waals surface area (Å²) in [6.07, 6.45) is 4.30. The van der Waals surface area contributed by atoms with E-state index in [9.17, 15) is 4.79 Å². The third-order valence-corrected chi connectivity index (χ3v) is 1.79. The molecule has 5 heteroatoms. The number of methoxy groups -OCH3 is 2. The van der Waals surface area contributed by atoms with Crippen LogP contribution in [-0.2, 0) is 9.53 Å². The van der Waals surface area contributed by atoms with Gasteiger partial charge in [0.05, 0.1) is 19.8 Å². The van der Waals surface area contributed by atoms with Crippen LogP contribution in [0.5, 0.6) is 5.75 Å². The molecule has 1 heterocycles. The van der Waals surface area contributed by atoms with Gasteiger partial charge in [-0.2, -0.15) is 0 Å². The molecule has 1 aromatic heterocycles. The van der Waals surface area contributed by atoms with Crippen LogP contribution in [0.25, 0.3) is 6.08 Å². The number of aromatic nitrogens is 1. The molecule has 0 amide bonds. The van der Waals surface area contributed by atoms with E-state index in [0.717, 1.165) is 0 Å². The third-order valence-electron chi connectivity index (χ3n) is 1.79. The van der Waals surface area contributed by atoms with Crippen LogP contribution in [0, 0.1) is 0 Å². The molecule has 80 valence electrons. The number of esters is 1. The third kappa shape index (κ3) is 2.70. The van der Waals surface area contributed by atoms with Gasteiger partial charge in [-0.05, 0) is 12.1 Å². The molecule has 0 aliphatic carbocycles. The first-order chi connectivity index (χ1) is 7.19. The molecule has 0 aromatic carbocycles. The molecule has 0 bridgehead atoms. The number of pyridine rings is 1. The Morgan fingerprint density at radius 2 is 2.27 bits per heavy atom. The highest BCUT2D eigenvalue weighted by Crippen LogP contribution is 2.23. The zero-order chi connectivity index (χ0) is 11.3. The number of nitrogen functional groups attached to an aromatic ring is 1. The molecule has 0 radical (unpaired) electrons. The van der Waals surface area contributed by atoms with Crippen LogP contribution in [0.2, 0.25) is 0 Å². The summed E-state index contributed by atoms with van der Waals surface area (Å²) in [5.41, 5.74) is 6.19. The Hall–Kier alpha value is -2.04. The Morgan fingerprint density at radius 1 is 1.53 bits per heavy atom. The Labute approximate surface area is 87.5 Å². The number of carbonyl (C=O) groups excluding carboxylic acids is 1. The van der Waals surface area contributed by atoms with Gasteiger partial charge in [-0.25, -0.2) is 9.78 Å². The molecule has 0 aliphatic rings. The number of ether oxygens (including phenoxy) is 2. The van der Waals surface area contributed by atoms with Crippen molar-refractivity contribution in [2.45, 2.75) is 0 Å². The fourth-order valence-corrected chi connectivity index (χ4v) is 1.04. The van der Waals surface area contributed by atoms with Crippen molar-refractivity contribution < 1.29 is 14.3 Å². The van der Waals surface area contributed by atoms with Crippen LogP contribution in [0.1, 0.15) is 5.56 Å². The predicted octanol–water partition coefficient (Wildman–Crippen LogP) is 0.859. The highest BCUT2D eigenvalue weighted by atomic mass is 16.5. The smallest absolute Gasteiger partial charge is 0.330 e. The lowest BCUT2D eigenvalue weighted by molar-refractivity contribution is -0.134. The normalized spacial score (nSPS) is 10.3. The molecule has 1 aromatic rings. The monoisotopic (exact) mass is 208 g/mol. The summed E-state index contributed by atoms with van der Waals surface area (Å²) in [5.74, 6) is 0.400. The summed E-state index contributed by atoms with van der Waals surface area (Å²) in [6, 6.07) is 1.66. The van der Waals surface area contributed by atoms with Gasteiger partial charge >= 0.3 is 5.97 Å². The predicted molar refractivity (Wildman–Crippen MR) is 56.3 cm³/mol. The van der Waals surface area contributed by atoms with Gasteiger partial charge in [-0.3, -0.25) is 0 Å². The SMILES string of the molecule is COC(=O)C=Cc1c(OC)ccnc1N. The van der Waals surface area contributed by atoms with E-state index in [0.29, 0.717) is 17.1 Å². The van der Waals surface area contributed by atoms with Crippen LogP contribution < -0.4 is 10.5 Å². The van der Waals surface area contributed by atoms with Crippen LogP contribution in [-0.4, -0.2) is 25.2 Å². The van der Waals surface area contributed by atoms with Crippen molar-refractivity contribution in [2.24, 2.45) is 0 Å². The van der Waals surface area contributed by atoms with Crippen molar-refractivity contribution in [1.29, 1.82) is 0 Å². The second-order valence-corrected chi connectivity index (χ2v) is 2.67. The summed E-state index contributed by atoms with van der Waals surface area (Å²) in [6.45, 7) is 0. The van der Waals surface area contributed by atoms with Crippen molar-refractivity contribution in [3.05, 3.63) is 23.9 Å². The first kappa shape index (κ1) is 11.0. The standard InChI is InChI=1S/C10H12N2O3/c1-14-8-5-6-12-10(11)7(8)3-4-9(13)15-2/h3-6H,1-2H3,(H2,11,12). The largest absolute Gasteiger partial charge is 0.496 e. The van der Waals surface area contributed by atoms with E-state index in [1.807, 2.05) is 0 Å². The number of carbonyl (C=O) groups is 1. The lowest BCUT2D eigenvalue weighted by Gasteiger charge is -2.05. The average Bonchev–Trinajstić information content (AvgIpc) is 2.26. The second-order valence-electron chi connectivity index (χ2n) is 2.67. The van der Waals surface area contributed by atoms with E-state index in [1.165, 1.54) is 32.6 Å². The average molecular weight is 208 g/mol. The van der Waals surface area contributed by atoms with E-state index < -0.39 is 5.97 Å². The minimum absolute atomic E-state index is 0.300. The quantitative estimate of drug-likeness (QED) is 0.589. The zero-order valence-corrected chi connectivity index (χ0v) is 8.56. The van der Waals surface area contributed by atoms with E-state index in [1.54, 1.807) is 6.07 Å².